The predicted molar refractivity (Wildman–Crippen MR) is 73.1 cm³/mol. The second-order valence-corrected chi connectivity index (χ2v) is 6.04. The van der Waals surface area contributed by atoms with Crippen LogP contribution in [0.15, 0.2) is 0 Å². The van der Waals surface area contributed by atoms with E-state index < -0.39 is 16.9 Å². The van der Waals surface area contributed by atoms with Gasteiger partial charge in [0.1, 0.15) is 0 Å². The number of piperidine rings is 1. The molecular weight excluding hydrogens is 260 g/mol. The Labute approximate surface area is 119 Å². The number of aliphatic carboxylic acids is 1. The van der Waals surface area contributed by atoms with E-state index in [2.05, 4.69) is 0 Å². The summed E-state index contributed by atoms with van der Waals surface area (Å²) in [5.41, 5.74) is 4.53. The molecule has 20 heavy (non-hydrogen) atoms. The SMILES string of the molecule is CCC1(C(=O)O)CCCN(C(=O)C2(N)CCOCC2)C1. The lowest BCUT2D eigenvalue weighted by Gasteiger charge is -2.43. The largest absolute Gasteiger partial charge is 0.481 e. The third kappa shape index (κ3) is 2.67. The Bertz CT molecular complexity index is 393. The molecule has 2 saturated heterocycles. The standard InChI is InChI=1S/C14H24N2O4/c1-2-13(12(18)19)4-3-7-16(10-13)11(17)14(15)5-8-20-9-6-14/h2-10,15H2,1H3,(H,18,19). The number of hydrogen-bond acceptors (Lipinski definition) is 4. The molecule has 0 aromatic rings. The van der Waals surface area contributed by atoms with Gasteiger partial charge >= 0.3 is 5.97 Å². The molecule has 114 valence electrons. The van der Waals surface area contributed by atoms with Gasteiger partial charge in [0.05, 0.1) is 11.0 Å². The van der Waals surface area contributed by atoms with E-state index in [1.807, 2.05) is 6.92 Å². The summed E-state index contributed by atoms with van der Waals surface area (Å²) in [4.78, 5) is 25.9. The van der Waals surface area contributed by atoms with Crippen molar-refractivity contribution in [2.24, 2.45) is 11.1 Å². The summed E-state index contributed by atoms with van der Waals surface area (Å²) in [6.45, 7) is 3.74. The number of amides is 1. The first kappa shape index (κ1) is 15.3. The molecule has 1 amide bonds. The second kappa shape index (κ2) is 5.69. The first-order valence-electron chi connectivity index (χ1n) is 7.33. The average Bonchev–Trinajstić information content (AvgIpc) is 2.47. The number of likely N-dealkylation sites (tertiary alicyclic amines) is 1. The molecule has 2 aliphatic heterocycles. The maximum Gasteiger partial charge on any atom is 0.311 e. The summed E-state index contributed by atoms with van der Waals surface area (Å²) < 4.78 is 5.26. The minimum absolute atomic E-state index is 0.112. The van der Waals surface area contributed by atoms with Crippen LogP contribution < -0.4 is 5.73 Å². The van der Waals surface area contributed by atoms with E-state index in [0.29, 0.717) is 45.4 Å². The lowest BCUT2D eigenvalue weighted by Crippen LogP contribution is -2.61. The third-order valence-corrected chi connectivity index (χ3v) is 4.81. The van der Waals surface area contributed by atoms with Gasteiger partial charge in [0, 0.05) is 26.3 Å². The average molecular weight is 284 g/mol. The van der Waals surface area contributed by atoms with Gasteiger partial charge in [-0.05, 0) is 32.1 Å². The highest BCUT2D eigenvalue weighted by Gasteiger charge is 2.46. The first-order valence-corrected chi connectivity index (χ1v) is 7.33. The Morgan fingerprint density at radius 2 is 1.95 bits per heavy atom. The van der Waals surface area contributed by atoms with E-state index in [0.717, 1.165) is 6.42 Å². The lowest BCUT2D eigenvalue weighted by atomic mass is 9.77. The van der Waals surface area contributed by atoms with Crippen molar-refractivity contribution in [3.8, 4) is 0 Å². The summed E-state index contributed by atoms with van der Waals surface area (Å²) in [6, 6.07) is 0. The highest BCUT2D eigenvalue weighted by atomic mass is 16.5. The molecule has 0 aliphatic carbocycles. The zero-order valence-electron chi connectivity index (χ0n) is 12.1. The van der Waals surface area contributed by atoms with Gasteiger partial charge in [-0.25, -0.2) is 0 Å². The minimum Gasteiger partial charge on any atom is -0.481 e. The normalized spacial score (nSPS) is 30.0. The Kier molecular flexibility index (Phi) is 4.34. The number of carbonyl (C=O) groups excluding carboxylic acids is 1. The summed E-state index contributed by atoms with van der Waals surface area (Å²) in [5.74, 6) is -0.921. The van der Waals surface area contributed by atoms with Crippen molar-refractivity contribution >= 4 is 11.9 Å². The van der Waals surface area contributed by atoms with E-state index in [1.165, 1.54) is 0 Å². The van der Waals surface area contributed by atoms with E-state index in [-0.39, 0.29) is 12.5 Å². The molecule has 2 aliphatic rings. The van der Waals surface area contributed by atoms with Gasteiger partial charge < -0.3 is 20.5 Å². The van der Waals surface area contributed by atoms with Gasteiger partial charge in [0.15, 0.2) is 0 Å². The molecule has 0 spiro atoms. The number of carboxylic acid groups (broad SMARTS) is 1. The predicted octanol–water partition coefficient (Wildman–Crippen LogP) is 0.598. The van der Waals surface area contributed by atoms with Crippen molar-refractivity contribution in [3.05, 3.63) is 0 Å². The van der Waals surface area contributed by atoms with Crippen molar-refractivity contribution in [2.45, 2.75) is 44.6 Å². The summed E-state index contributed by atoms with van der Waals surface area (Å²) in [5, 5.41) is 9.47. The van der Waals surface area contributed by atoms with Gasteiger partial charge in [-0.1, -0.05) is 6.92 Å². The number of carboxylic acids is 1. The van der Waals surface area contributed by atoms with Gasteiger partial charge in [-0.3, -0.25) is 9.59 Å². The number of nitrogens with zero attached hydrogens (tertiary/aromatic N) is 1. The number of ether oxygens (including phenoxy) is 1. The van der Waals surface area contributed by atoms with Gasteiger partial charge in [0.2, 0.25) is 5.91 Å². The Morgan fingerprint density at radius 3 is 2.50 bits per heavy atom. The molecule has 0 aromatic carbocycles. The monoisotopic (exact) mass is 284 g/mol. The summed E-state index contributed by atoms with van der Waals surface area (Å²) in [7, 11) is 0. The maximum atomic E-state index is 12.7. The van der Waals surface area contributed by atoms with Crippen LogP contribution in [0, 0.1) is 5.41 Å². The van der Waals surface area contributed by atoms with Crippen molar-refractivity contribution in [1.82, 2.24) is 4.90 Å². The smallest absolute Gasteiger partial charge is 0.311 e. The molecule has 3 N–H and O–H groups in total. The van der Waals surface area contributed by atoms with Crippen LogP contribution in [-0.4, -0.2) is 53.7 Å². The number of rotatable bonds is 3. The van der Waals surface area contributed by atoms with Crippen LogP contribution in [0.4, 0.5) is 0 Å². The summed E-state index contributed by atoms with van der Waals surface area (Å²) >= 11 is 0. The zero-order chi connectivity index (χ0) is 14.8. The minimum atomic E-state index is -0.881. The second-order valence-electron chi connectivity index (χ2n) is 6.04. The Hall–Kier alpha value is -1.14. The molecule has 1 atom stereocenters. The Balaban J connectivity index is 2.12. The highest BCUT2D eigenvalue weighted by Crippen LogP contribution is 2.35. The highest BCUT2D eigenvalue weighted by molar-refractivity contribution is 5.87. The molecule has 6 nitrogen and oxygen atoms in total. The van der Waals surface area contributed by atoms with Gasteiger partial charge in [-0.15, -0.1) is 0 Å². The van der Waals surface area contributed by atoms with Gasteiger partial charge in [0.25, 0.3) is 0 Å². The molecule has 2 fully saturated rings. The van der Waals surface area contributed by atoms with E-state index in [1.54, 1.807) is 4.90 Å². The third-order valence-electron chi connectivity index (χ3n) is 4.81. The van der Waals surface area contributed by atoms with Crippen molar-refractivity contribution in [2.75, 3.05) is 26.3 Å². The maximum absolute atomic E-state index is 12.7. The Morgan fingerprint density at radius 1 is 1.30 bits per heavy atom. The van der Waals surface area contributed by atoms with E-state index in [4.69, 9.17) is 10.5 Å². The lowest BCUT2D eigenvalue weighted by molar-refractivity contribution is -0.157. The van der Waals surface area contributed by atoms with E-state index >= 15 is 0 Å². The van der Waals surface area contributed by atoms with Crippen LogP contribution >= 0.6 is 0 Å². The fourth-order valence-electron chi connectivity index (χ4n) is 3.18. The number of nitrogens with two attached hydrogens (primary N) is 1. The topological polar surface area (TPSA) is 92.9 Å². The molecule has 0 radical (unpaired) electrons. The molecular formula is C14H24N2O4. The van der Waals surface area contributed by atoms with Crippen LogP contribution in [0.25, 0.3) is 0 Å². The van der Waals surface area contributed by atoms with Crippen molar-refractivity contribution < 1.29 is 19.4 Å². The van der Waals surface area contributed by atoms with Crippen molar-refractivity contribution in [1.29, 1.82) is 0 Å². The molecule has 6 heteroatoms. The number of hydrogen-bond donors (Lipinski definition) is 2. The van der Waals surface area contributed by atoms with Crippen LogP contribution in [0.1, 0.15) is 39.0 Å². The molecule has 1 unspecified atom stereocenters. The van der Waals surface area contributed by atoms with Crippen molar-refractivity contribution in [3.63, 3.8) is 0 Å². The van der Waals surface area contributed by atoms with E-state index in [9.17, 15) is 14.7 Å². The van der Waals surface area contributed by atoms with Gasteiger partial charge in [-0.2, -0.15) is 0 Å². The molecule has 2 rings (SSSR count). The van der Waals surface area contributed by atoms with Crippen LogP contribution in [-0.2, 0) is 14.3 Å². The molecule has 0 aromatic heterocycles. The summed E-state index contributed by atoms with van der Waals surface area (Å²) in [6.07, 6.45) is 2.90. The molecule has 2 heterocycles. The quantitative estimate of drug-likeness (QED) is 0.791. The number of carbonyl (C=O) groups is 2. The van der Waals surface area contributed by atoms with Crippen LogP contribution in [0.2, 0.25) is 0 Å². The fourth-order valence-corrected chi connectivity index (χ4v) is 3.18. The van der Waals surface area contributed by atoms with Crippen LogP contribution in [0.5, 0.6) is 0 Å². The first-order chi connectivity index (χ1) is 9.43. The zero-order valence-corrected chi connectivity index (χ0v) is 12.1. The van der Waals surface area contributed by atoms with Crippen LogP contribution in [0.3, 0.4) is 0 Å². The molecule has 0 saturated carbocycles. The molecule has 0 bridgehead atoms. The fraction of sp³-hybridized carbons (Fsp3) is 0.857.